The van der Waals surface area contributed by atoms with Crippen molar-refractivity contribution in [3.63, 3.8) is 0 Å². The monoisotopic (exact) mass is 276 g/mol. The van der Waals surface area contributed by atoms with Crippen molar-refractivity contribution in [2.24, 2.45) is 0 Å². The molecule has 2 heterocycles. The Hall–Kier alpha value is -2.21. The van der Waals surface area contributed by atoms with Gasteiger partial charge in [-0.3, -0.25) is 0 Å². The van der Waals surface area contributed by atoms with Gasteiger partial charge >= 0.3 is 5.97 Å². The molecule has 0 aliphatic carbocycles. The molecule has 3 rings (SSSR count). The number of nitrogens with one attached hydrogen (secondary N) is 1. The summed E-state index contributed by atoms with van der Waals surface area (Å²) in [4.78, 5) is 18.1. The number of imidazole rings is 1. The summed E-state index contributed by atoms with van der Waals surface area (Å²) in [6, 6.07) is 4.41. The maximum absolute atomic E-state index is 13.5. The number of aromatic nitrogens is 2. The van der Waals surface area contributed by atoms with Gasteiger partial charge in [0.25, 0.3) is 0 Å². The van der Waals surface area contributed by atoms with Crippen LogP contribution in [0.3, 0.4) is 0 Å². The van der Waals surface area contributed by atoms with Crippen LogP contribution in [0.4, 0.5) is 4.39 Å². The molecular weight excluding hydrogens is 267 g/mol. The fourth-order valence-corrected chi connectivity index (χ4v) is 2.59. The fourth-order valence-electron chi connectivity index (χ4n) is 1.92. The number of carboxylic acids is 1. The highest BCUT2D eigenvalue weighted by atomic mass is 32.1. The predicted octanol–water partition coefficient (Wildman–Crippen LogP) is 3.05. The first-order valence-corrected chi connectivity index (χ1v) is 6.50. The Morgan fingerprint density at radius 2 is 2.32 bits per heavy atom. The largest absolute Gasteiger partial charge is 0.478 e. The minimum absolute atomic E-state index is 0.360. The minimum atomic E-state index is -1.29. The molecule has 0 amide bonds. The van der Waals surface area contributed by atoms with E-state index in [1.165, 1.54) is 12.1 Å². The van der Waals surface area contributed by atoms with Crippen molar-refractivity contribution in [3.05, 3.63) is 51.7 Å². The van der Waals surface area contributed by atoms with Crippen molar-refractivity contribution in [2.75, 3.05) is 0 Å². The van der Waals surface area contributed by atoms with E-state index in [4.69, 9.17) is 5.11 Å². The van der Waals surface area contributed by atoms with Gasteiger partial charge in [-0.05, 0) is 28.5 Å². The van der Waals surface area contributed by atoms with Crippen molar-refractivity contribution in [1.82, 2.24) is 9.97 Å². The van der Waals surface area contributed by atoms with Crippen LogP contribution in [0.5, 0.6) is 0 Å². The summed E-state index contributed by atoms with van der Waals surface area (Å²) in [6.07, 6.45) is 0.613. The van der Waals surface area contributed by atoms with Gasteiger partial charge in [0.05, 0.1) is 16.6 Å². The highest BCUT2D eigenvalue weighted by Crippen LogP contribution is 2.19. The Balaban J connectivity index is 2.03. The zero-order valence-corrected chi connectivity index (χ0v) is 10.5. The minimum Gasteiger partial charge on any atom is -0.478 e. The van der Waals surface area contributed by atoms with E-state index < -0.39 is 11.8 Å². The van der Waals surface area contributed by atoms with Gasteiger partial charge in [-0.25, -0.2) is 14.2 Å². The zero-order chi connectivity index (χ0) is 13.4. The van der Waals surface area contributed by atoms with E-state index in [0.29, 0.717) is 23.3 Å². The summed E-state index contributed by atoms with van der Waals surface area (Å²) in [5, 5.41) is 12.8. The van der Waals surface area contributed by atoms with Gasteiger partial charge in [0, 0.05) is 12.5 Å². The molecule has 0 spiro atoms. The average molecular weight is 276 g/mol. The molecule has 2 N–H and O–H groups in total. The summed E-state index contributed by atoms with van der Waals surface area (Å²) < 4.78 is 13.5. The van der Waals surface area contributed by atoms with E-state index in [-0.39, 0.29) is 5.56 Å². The molecular formula is C13H9FN2O2S. The van der Waals surface area contributed by atoms with Crippen molar-refractivity contribution >= 4 is 28.3 Å². The molecule has 0 saturated carbocycles. The van der Waals surface area contributed by atoms with Crippen LogP contribution in [0, 0.1) is 5.82 Å². The Labute approximate surface area is 111 Å². The number of fused-ring (bicyclic) bond motifs is 1. The highest BCUT2D eigenvalue weighted by Gasteiger charge is 2.14. The molecule has 0 radical (unpaired) electrons. The topological polar surface area (TPSA) is 66.0 Å². The molecule has 19 heavy (non-hydrogen) atoms. The number of nitrogens with zero attached hydrogens (tertiary/aromatic N) is 1. The Bertz CT molecular complexity index is 749. The number of thiophene rings is 1. The molecule has 0 unspecified atom stereocenters. The quantitative estimate of drug-likeness (QED) is 0.772. The maximum atomic E-state index is 13.5. The average Bonchev–Trinajstić information content (AvgIpc) is 2.96. The molecule has 1 aromatic carbocycles. The smallest absolute Gasteiger partial charge is 0.338 e. The lowest BCUT2D eigenvalue weighted by Gasteiger charge is -1.95. The van der Waals surface area contributed by atoms with Crippen molar-refractivity contribution in [2.45, 2.75) is 6.42 Å². The lowest BCUT2D eigenvalue weighted by molar-refractivity contribution is 0.0692. The second-order valence-corrected chi connectivity index (χ2v) is 4.93. The second-order valence-electron chi connectivity index (χ2n) is 4.15. The SMILES string of the molecule is O=C(O)c1cc2nc(Cc3ccsc3)[nH]c2cc1F. The van der Waals surface area contributed by atoms with Crippen LogP contribution >= 0.6 is 11.3 Å². The molecule has 4 nitrogen and oxygen atoms in total. The van der Waals surface area contributed by atoms with Crippen LogP contribution in [-0.4, -0.2) is 21.0 Å². The molecule has 0 saturated heterocycles. The number of carboxylic acid groups (broad SMARTS) is 1. The van der Waals surface area contributed by atoms with E-state index in [1.807, 2.05) is 16.8 Å². The van der Waals surface area contributed by atoms with Gasteiger partial charge in [-0.1, -0.05) is 0 Å². The maximum Gasteiger partial charge on any atom is 0.338 e. The number of hydrogen-bond donors (Lipinski definition) is 2. The summed E-state index contributed by atoms with van der Waals surface area (Å²) >= 11 is 1.60. The number of aromatic carboxylic acids is 1. The number of H-pyrrole nitrogens is 1. The molecule has 0 fully saturated rings. The zero-order valence-electron chi connectivity index (χ0n) is 9.68. The van der Waals surface area contributed by atoms with Crippen LogP contribution in [0.25, 0.3) is 11.0 Å². The van der Waals surface area contributed by atoms with E-state index >= 15 is 0 Å². The first kappa shape index (κ1) is 11.9. The number of hydrogen-bond acceptors (Lipinski definition) is 3. The summed E-state index contributed by atoms with van der Waals surface area (Å²) in [5.74, 6) is -1.36. The van der Waals surface area contributed by atoms with Crippen LogP contribution < -0.4 is 0 Å². The molecule has 0 aliphatic heterocycles. The first-order valence-electron chi connectivity index (χ1n) is 5.56. The third-order valence-electron chi connectivity index (χ3n) is 2.80. The number of benzene rings is 1. The Kier molecular flexibility index (Phi) is 2.79. The third-order valence-corrected chi connectivity index (χ3v) is 3.53. The number of aromatic amines is 1. The molecule has 2 aromatic heterocycles. The van der Waals surface area contributed by atoms with Crippen molar-refractivity contribution < 1.29 is 14.3 Å². The van der Waals surface area contributed by atoms with Gasteiger partial charge in [0.1, 0.15) is 11.6 Å². The lowest BCUT2D eigenvalue weighted by atomic mass is 10.2. The van der Waals surface area contributed by atoms with Crippen LogP contribution in [0.2, 0.25) is 0 Å². The molecule has 0 atom stereocenters. The van der Waals surface area contributed by atoms with Gasteiger partial charge < -0.3 is 10.1 Å². The van der Waals surface area contributed by atoms with Crippen LogP contribution in [0.1, 0.15) is 21.7 Å². The van der Waals surface area contributed by atoms with E-state index in [1.54, 1.807) is 11.3 Å². The van der Waals surface area contributed by atoms with Gasteiger partial charge in [0.15, 0.2) is 0 Å². The summed E-state index contributed by atoms with van der Waals surface area (Å²) in [6.45, 7) is 0. The van der Waals surface area contributed by atoms with Crippen molar-refractivity contribution in [1.29, 1.82) is 0 Å². The molecule has 6 heteroatoms. The van der Waals surface area contributed by atoms with E-state index in [2.05, 4.69) is 9.97 Å². The number of rotatable bonds is 3. The molecule has 96 valence electrons. The number of carbonyl (C=O) groups is 1. The van der Waals surface area contributed by atoms with Crippen LogP contribution in [-0.2, 0) is 6.42 Å². The lowest BCUT2D eigenvalue weighted by Crippen LogP contribution is -1.99. The standard InChI is InChI=1S/C13H9FN2O2S/c14-9-5-11-10(4-8(9)13(17)18)15-12(16-11)3-7-1-2-19-6-7/h1-2,4-6H,3H2,(H,15,16)(H,17,18). The van der Waals surface area contributed by atoms with Gasteiger partial charge in [-0.2, -0.15) is 11.3 Å². The fraction of sp³-hybridized carbons (Fsp3) is 0.0769. The first-order chi connectivity index (χ1) is 9.13. The summed E-state index contributed by atoms with van der Waals surface area (Å²) in [5.41, 5.74) is 1.72. The third kappa shape index (κ3) is 2.22. The predicted molar refractivity (Wildman–Crippen MR) is 70.1 cm³/mol. The van der Waals surface area contributed by atoms with Crippen molar-refractivity contribution in [3.8, 4) is 0 Å². The highest BCUT2D eigenvalue weighted by molar-refractivity contribution is 7.07. The normalized spacial score (nSPS) is 11.0. The molecule has 3 aromatic rings. The Morgan fingerprint density at radius 3 is 3.00 bits per heavy atom. The molecule has 0 bridgehead atoms. The Morgan fingerprint density at radius 1 is 1.47 bits per heavy atom. The van der Waals surface area contributed by atoms with Gasteiger partial charge in [0.2, 0.25) is 0 Å². The van der Waals surface area contributed by atoms with E-state index in [9.17, 15) is 9.18 Å². The molecule has 0 aliphatic rings. The van der Waals surface area contributed by atoms with Crippen LogP contribution in [0.15, 0.2) is 29.0 Å². The van der Waals surface area contributed by atoms with E-state index in [0.717, 1.165) is 5.56 Å². The van der Waals surface area contributed by atoms with Gasteiger partial charge in [-0.15, -0.1) is 0 Å². The second kappa shape index (κ2) is 4.47. The summed E-state index contributed by atoms with van der Waals surface area (Å²) in [7, 11) is 0. The number of halogens is 1.